The number of benzene rings is 2. The van der Waals surface area contributed by atoms with Gasteiger partial charge in [0.1, 0.15) is 0 Å². The van der Waals surface area contributed by atoms with Gasteiger partial charge in [-0.25, -0.2) is 19.2 Å². The van der Waals surface area contributed by atoms with Crippen LogP contribution in [0.2, 0.25) is 0 Å². The van der Waals surface area contributed by atoms with Gasteiger partial charge in [-0.2, -0.15) is 0 Å². The highest BCUT2D eigenvalue weighted by molar-refractivity contribution is 6.22. The van der Waals surface area contributed by atoms with Crippen LogP contribution in [0.15, 0.2) is 36.4 Å². The van der Waals surface area contributed by atoms with Crippen molar-refractivity contribution in [3.63, 3.8) is 0 Å². The van der Waals surface area contributed by atoms with Gasteiger partial charge in [0.2, 0.25) is 0 Å². The third kappa shape index (κ3) is 36.6. The van der Waals surface area contributed by atoms with E-state index >= 15 is 0 Å². The predicted molar refractivity (Wildman–Crippen MR) is 341 cm³/mol. The molecule has 0 spiro atoms. The second kappa shape index (κ2) is 49.3. The topological polar surface area (TPSA) is 122 Å². The largest absolute Gasteiger partial charge is 0.462 e. The van der Waals surface area contributed by atoms with Crippen molar-refractivity contribution in [2.24, 2.45) is 23.7 Å². The van der Waals surface area contributed by atoms with E-state index in [0.717, 1.165) is 107 Å². The Hall–Kier alpha value is -4.01. The van der Waals surface area contributed by atoms with Crippen molar-refractivity contribution in [2.45, 2.75) is 312 Å². The summed E-state index contributed by atoms with van der Waals surface area (Å²) in [5.74, 6) is -1.34. The highest BCUT2D eigenvalue weighted by Gasteiger charge is 2.37. The zero-order valence-electron chi connectivity index (χ0n) is 54.1. The number of carbonyl (C=O) groups is 5. The van der Waals surface area contributed by atoms with Crippen LogP contribution in [-0.2, 0) is 18.9 Å². The number of ketones is 1. The van der Waals surface area contributed by atoms with Crippen molar-refractivity contribution >= 4 is 29.7 Å². The minimum atomic E-state index is -0.981. The quantitative estimate of drug-likeness (QED) is 0.0276. The molecule has 0 saturated carbocycles. The summed E-state index contributed by atoms with van der Waals surface area (Å²) in [5.41, 5.74) is -1.58. The Morgan fingerprint density at radius 2 is 0.512 bits per heavy atom. The molecule has 0 fully saturated rings. The summed E-state index contributed by atoms with van der Waals surface area (Å²) in [6, 6.07) is 9.70. The van der Waals surface area contributed by atoms with Gasteiger partial charge in [0, 0.05) is 11.1 Å². The molecule has 0 saturated heterocycles. The molecule has 0 aliphatic heterocycles. The first-order valence-electron chi connectivity index (χ1n) is 34.2. The molecule has 468 valence electrons. The summed E-state index contributed by atoms with van der Waals surface area (Å²) in [6.45, 7) is 18.4. The van der Waals surface area contributed by atoms with Gasteiger partial charge in [0.15, 0.2) is 5.78 Å². The first kappa shape index (κ1) is 74.1. The van der Waals surface area contributed by atoms with E-state index in [1.54, 1.807) is 30.3 Å². The maximum absolute atomic E-state index is 14.8. The lowest BCUT2D eigenvalue weighted by Crippen LogP contribution is -2.27. The number of hydrogen-bond donors (Lipinski definition) is 0. The Bertz CT molecular complexity index is 1950. The SMILES string of the molecule is CC(C)CCCCCCCCCCCOC(=O)c1cc(C(=O)c2ccccc2)c(C(=O)OCCCCCCCCCCCC(C)C)c(C(=O)OCCCCCCCCCCCC(C)C)c1C(=O)OCCCCCCCCCCCC(C)C. The lowest BCUT2D eigenvalue weighted by Gasteiger charge is -2.20. The molecule has 9 heteroatoms. The fraction of sp³-hybridized carbons (Fsp3) is 0.767. The van der Waals surface area contributed by atoms with Crippen LogP contribution >= 0.6 is 0 Å². The van der Waals surface area contributed by atoms with Crippen molar-refractivity contribution in [3.8, 4) is 0 Å². The van der Waals surface area contributed by atoms with Crippen LogP contribution in [0.5, 0.6) is 0 Å². The minimum Gasteiger partial charge on any atom is -0.462 e. The van der Waals surface area contributed by atoms with Crippen molar-refractivity contribution in [3.05, 3.63) is 69.8 Å². The number of unbranched alkanes of at least 4 members (excludes halogenated alkanes) is 32. The van der Waals surface area contributed by atoms with Gasteiger partial charge in [0.25, 0.3) is 0 Å². The normalized spacial score (nSPS) is 11.6. The van der Waals surface area contributed by atoms with Crippen molar-refractivity contribution < 1.29 is 42.9 Å². The molecular formula is C73H122O9. The first-order valence-corrected chi connectivity index (χ1v) is 34.2. The summed E-state index contributed by atoms with van der Waals surface area (Å²) in [4.78, 5) is 73.5. The average Bonchev–Trinajstić information content (AvgIpc) is 3.43. The van der Waals surface area contributed by atoms with E-state index in [4.69, 9.17) is 18.9 Å². The Morgan fingerprint density at radius 3 is 0.793 bits per heavy atom. The lowest BCUT2D eigenvalue weighted by atomic mass is 9.87. The molecule has 82 heavy (non-hydrogen) atoms. The molecule has 0 N–H and O–H groups in total. The molecule has 0 aliphatic rings. The molecule has 2 aromatic rings. The Labute approximate surface area is 502 Å². The number of carbonyl (C=O) groups excluding carboxylic acids is 5. The number of esters is 4. The molecular weight excluding hydrogens is 1020 g/mol. The molecule has 0 aromatic heterocycles. The Balaban J connectivity index is 2.43. The zero-order valence-corrected chi connectivity index (χ0v) is 54.1. The highest BCUT2D eigenvalue weighted by Crippen LogP contribution is 2.31. The molecule has 9 nitrogen and oxygen atoms in total. The molecule has 0 bridgehead atoms. The smallest absolute Gasteiger partial charge is 0.339 e. The molecule has 0 heterocycles. The second-order valence-corrected chi connectivity index (χ2v) is 25.8. The van der Waals surface area contributed by atoms with Crippen molar-refractivity contribution in [1.29, 1.82) is 0 Å². The molecule has 0 atom stereocenters. The molecule has 0 unspecified atom stereocenters. The summed E-state index contributed by atoms with van der Waals surface area (Å²) in [5, 5.41) is 0. The third-order valence-electron chi connectivity index (χ3n) is 16.1. The van der Waals surface area contributed by atoms with Gasteiger partial charge in [0.05, 0.1) is 48.7 Å². The van der Waals surface area contributed by atoms with E-state index < -0.39 is 46.4 Å². The Kier molecular flexibility index (Phi) is 44.5. The summed E-state index contributed by atoms with van der Waals surface area (Å²) < 4.78 is 23.8. The fourth-order valence-corrected chi connectivity index (χ4v) is 10.9. The lowest BCUT2D eigenvalue weighted by molar-refractivity contribution is 0.0414. The monoisotopic (exact) mass is 1140 g/mol. The van der Waals surface area contributed by atoms with E-state index in [2.05, 4.69) is 55.4 Å². The summed E-state index contributed by atoms with van der Waals surface area (Å²) in [6.07, 6.45) is 44.1. The van der Waals surface area contributed by atoms with Crippen LogP contribution in [0.3, 0.4) is 0 Å². The van der Waals surface area contributed by atoms with Gasteiger partial charge in [-0.1, -0.05) is 317 Å². The van der Waals surface area contributed by atoms with Crippen LogP contribution in [0.1, 0.15) is 370 Å². The maximum atomic E-state index is 14.8. The number of ether oxygens (including phenoxy) is 4. The third-order valence-corrected chi connectivity index (χ3v) is 16.1. The minimum absolute atomic E-state index is 0.0294. The van der Waals surface area contributed by atoms with E-state index in [-0.39, 0.29) is 43.1 Å². The van der Waals surface area contributed by atoms with E-state index in [9.17, 15) is 24.0 Å². The van der Waals surface area contributed by atoms with Gasteiger partial charge >= 0.3 is 23.9 Å². The van der Waals surface area contributed by atoms with Gasteiger partial charge in [-0.05, 0) is 55.4 Å². The molecule has 0 aliphatic carbocycles. The van der Waals surface area contributed by atoms with Gasteiger partial charge in [-0.3, -0.25) is 4.79 Å². The first-order chi connectivity index (χ1) is 39.7. The standard InChI is InChI=1S/C73H122O9/c1-59(2)48-38-29-21-13-9-17-25-33-44-54-79-70(75)65-58-64(69(74)63-52-42-37-43-53-63)66(71(76)80-55-45-34-26-18-10-14-22-30-39-49-60(3)4)68(73(78)82-57-47-36-28-20-12-16-24-32-41-51-62(7)8)67(65)72(77)81-56-46-35-27-19-11-15-23-31-40-50-61(5)6/h37,42-43,52-53,58-62H,9-36,38-41,44-51,54-57H2,1-8H3. The van der Waals surface area contributed by atoms with Crippen LogP contribution in [0.4, 0.5) is 0 Å². The number of rotatable bonds is 54. The molecule has 0 amide bonds. The van der Waals surface area contributed by atoms with Crippen molar-refractivity contribution in [1.82, 2.24) is 0 Å². The molecule has 2 rings (SSSR count). The van der Waals surface area contributed by atoms with Crippen LogP contribution in [0, 0.1) is 23.7 Å². The van der Waals surface area contributed by atoms with Crippen LogP contribution < -0.4 is 0 Å². The van der Waals surface area contributed by atoms with Gasteiger partial charge < -0.3 is 18.9 Å². The van der Waals surface area contributed by atoms with Crippen LogP contribution in [0.25, 0.3) is 0 Å². The summed E-state index contributed by atoms with van der Waals surface area (Å²) >= 11 is 0. The van der Waals surface area contributed by atoms with Crippen LogP contribution in [-0.4, -0.2) is 56.1 Å². The van der Waals surface area contributed by atoms with E-state index in [0.29, 0.717) is 25.7 Å². The second-order valence-electron chi connectivity index (χ2n) is 25.8. The molecule has 2 aromatic carbocycles. The van der Waals surface area contributed by atoms with Gasteiger partial charge in [-0.15, -0.1) is 0 Å². The average molecular weight is 1140 g/mol. The fourth-order valence-electron chi connectivity index (χ4n) is 10.9. The Morgan fingerprint density at radius 1 is 0.280 bits per heavy atom. The number of hydrogen-bond acceptors (Lipinski definition) is 9. The maximum Gasteiger partial charge on any atom is 0.339 e. The van der Waals surface area contributed by atoms with E-state index in [1.807, 2.05) is 0 Å². The zero-order chi connectivity index (χ0) is 59.8. The predicted octanol–water partition coefficient (Wildman–Crippen LogP) is 21.8. The summed E-state index contributed by atoms with van der Waals surface area (Å²) in [7, 11) is 0. The van der Waals surface area contributed by atoms with E-state index in [1.165, 1.54) is 154 Å². The highest BCUT2D eigenvalue weighted by atomic mass is 16.5. The van der Waals surface area contributed by atoms with Crippen molar-refractivity contribution in [2.75, 3.05) is 26.4 Å². The molecule has 0 radical (unpaired) electrons.